The standard InChI is InChI=1S/C20H20N4O/c1-14-6-3-9-18(15(14)2)24-19-17(8-5-11-22-19)20(25)23-13-16-7-4-10-21-12-16/h3-12H,13H2,1-2H3,(H,22,24)(H,23,25). The lowest BCUT2D eigenvalue weighted by molar-refractivity contribution is 0.0951. The van der Waals surface area contributed by atoms with Gasteiger partial charge in [0, 0.05) is 30.8 Å². The van der Waals surface area contributed by atoms with Crippen molar-refractivity contribution in [1.82, 2.24) is 15.3 Å². The van der Waals surface area contributed by atoms with Gasteiger partial charge in [-0.15, -0.1) is 0 Å². The summed E-state index contributed by atoms with van der Waals surface area (Å²) in [7, 11) is 0. The van der Waals surface area contributed by atoms with Gasteiger partial charge in [-0.05, 0) is 54.8 Å². The number of aryl methyl sites for hydroxylation is 1. The number of aromatic nitrogens is 2. The molecule has 0 saturated heterocycles. The molecule has 0 aliphatic carbocycles. The van der Waals surface area contributed by atoms with Crippen molar-refractivity contribution in [1.29, 1.82) is 0 Å². The number of hydrogen-bond acceptors (Lipinski definition) is 4. The summed E-state index contributed by atoms with van der Waals surface area (Å²) in [5.41, 5.74) is 4.72. The van der Waals surface area contributed by atoms with Crippen LogP contribution in [0, 0.1) is 13.8 Å². The van der Waals surface area contributed by atoms with Gasteiger partial charge < -0.3 is 10.6 Å². The first-order valence-electron chi connectivity index (χ1n) is 8.10. The van der Waals surface area contributed by atoms with E-state index in [1.807, 2.05) is 31.2 Å². The highest BCUT2D eigenvalue weighted by atomic mass is 16.1. The summed E-state index contributed by atoms with van der Waals surface area (Å²) < 4.78 is 0. The zero-order chi connectivity index (χ0) is 17.6. The maximum atomic E-state index is 12.6. The Bertz CT molecular complexity index is 878. The molecule has 2 heterocycles. The Hall–Kier alpha value is -3.21. The van der Waals surface area contributed by atoms with Gasteiger partial charge in [0.15, 0.2) is 0 Å². The van der Waals surface area contributed by atoms with E-state index in [9.17, 15) is 4.79 Å². The van der Waals surface area contributed by atoms with Gasteiger partial charge in [0.2, 0.25) is 0 Å². The van der Waals surface area contributed by atoms with Crippen molar-refractivity contribution < 1.29 is 4.79 Å². The lowest BCUT2D eigenvalue weighted by Crippen LogP contribution is -2.24. The number of anilines is 2. The summed E-state index contributed by atoms with van der Waals surface area (Å²) in [6.45, 7) is 4.52. The van der Waals surface area contributed by atoms with Gasteiger partial charge in [-0.3, -0.25) is 9.78 Å². The van der Waals surface area contributed by atoms with E-state index in [1.165, 1.54) is 5.56 Å². The fourth-order valence-corrected chi connectivity index (χ4v) is 2.48. The monoisotopic (exact) mass is 332 g/mol. The van der Waals surface area contributed by atoms with E-state index in [4.69, 9.17) is 0 Å². The largest absolute Gasteiger partial charge is 0.348 e. The van der Waals surface area contributed by atoms with Crippen molar-refractivity contribution in [3.63, 3.8) is 0 Å². The van der Waals surface area contributed by atoms with Gasteiger partial charge in [0.1, 0.15) is 5.82 Å². The molecule has 1 aromatic carbocycles. The SMILES string of the molecule is Cc1cccc(Nc2ncccc2C(=O)NCc2cccnc2)c1C. The highest BCUT2D eigenvalue weighted by Crippen LogP contribution is 2.23. The second-order valence-corrected chi connectivity index (χ2v) is 5.82. The number of benzene rings is 1. The van der Waals surface area contributed by atoms with Crippen LogP contribution in [-0.4, -0.2) is 15.9 Å². The lowest BCUT2D eigenvalue weighted by Gasteiger charge is -2.14. The summed E-state index contributed by atoms with van der Waals surface area (Å²) in [5.74, 6) is 0.365. The third-order valence-corrected chi connectivity index (χ3v) is 4.09. The van der Waals surface area contributed by atoms with Crippen molar-refractivity contribution in [3.05, 3.63) is 83.3 Å². The molecule has 0 spiro atoms. The smallest absolute Gasteiger partial charge is 0.255 e. The molecule has 0 aliphatic heterocycles. The van der Waals surface area contributed by atoms with Gasteiger partial charge in [-0.25, -0.2) is 4.98 Å². The minimum Gasteiger partial charge on any atom is -0.348 e. The van der Waals surface area contributed by atoms with Gasteiger partial charge in [0.25, 0.3) is 5.91 Å². The number of carbonyl (C=O) groups is 1. The average molecular weight is 332 g/mol. The number of nitrogens with zero attached hydrogens (tertiary/aromatic N) is 2. The van der Waals surface area contributed by atoms with Gasteiger partial charge in [-0.2, -0.15) is 0 Å². The molecule has 0 radical (unpaired) electrons. The van der Waals surface area contributed by atoms with E-state index < -0.39 is 0 Å². The quantitative estimate of drug-likeness (QED) is 0.746. The maximum Gasteiger partial charge on any atom is 0.255 e. The minimum atomic E-state index is -0.176. The van der Waals surface area contributed by atoms with Crippen LogP contribution in [0.15, 0.2) is 61.1 Å². The molecule has 0 bridgehead atoms. The zero-order valence-electron chi connectivity index (χ0n) is 14.3. The highest BCUT2D eigenvalue weighted by molar-refractivity contribution is 5.99. The number of nitrogens with one attached hydrogen (secondary N) is 2. The summed E-state index contributed by atoms with van der Waals surface area (Å²) in [6.07, 6.45) is 5.11. The first-order valence-corrected chi connectivity index (χ1v) is 8.10. The fraction of sp³-hybridized carbons (Fsp3) is 0.150. The summed E-state index contributed by atoms with van der Waals surface area (Å²) in [4.78, 5) is 21.0. The molecule has 5 heteroatoms. The van der Waals surface area contributed by atoms with E-state index in [2.05, 4.69) is 33.6 Å². The molecule has 0 fully saturated rings. The van der Waals surface area contributed by atoms with Crippen molar-refractivity contribution in [2.45, 2.75) is 20.4 Å². The Morgan fingerprint density at radius 2 is 1.88 bits per heavy atom. The second-order valence-electron chi connectivity index (χ2n) is 5.82. The van der Waals surface area contributed by atoms with Crippen LogP contribution >= 0.6 is 0 Å². The van der Waals surface area contributed by atoms with Crippen LogP contribution in [0.1, 0.15) is 27.0 Å². The molecule has 2 aromatic heterocycles. The average Bonchev–Trinajstić information content (AvgIpc) is 2.65. The lowest BCUT2D eigenvalue weighted by atomic mass is 10.1. The normalized spacial score (nSPS) is 10.3. The number of pyridine rings is 2. The van der Waals surface area contributed by atoms with Crippen LogP contribution in [0.25, 0.3) is 0 Å². The summed E-state index contributed by atoms with van der Waals surface area (Å²) in [5, 5.41) is 6.18. The third kappa shape index (κ3) is 4.01. The number of rotatable bonds is 5. The van der Waals surface area contributed by atoms with Crippen molar-refractivity contribution in [2.75, 3.05) is 5.32 Å². The van der Waals surface area contributed by atoms with Crippen LogP contribution in [0.5, 0.6) is 0 Å². The predicted octanol–water partition coefficient (Wildman–Crippen LogP) is 3.77. The Kier molecular flexibility index (Phi) is 5.04. The molecular formula is C20H20N4O. The van der Waals surface area contributed by atoms with Crippen LogP contribution in [0.3, 0.4) is 0 Å². The number of carbonyl (C=O) groups excluding carboxylic acids is 1. The molecule has 3 aromatic rings. The van der Waals surface area contributed by atoms with Crippen LogP contribution < -0.4 is 10.6 Å². The Morgan fingerprint density at radius 3 is 2.68 bits per heavy atom. The van der Waals surface area contributed by atoms with Gasteiger partial charge in [0.05, 0.1) is 5.56 Å². The zero-order valence-corrected chi connectivity index (χ0v) is 14.3. The molecule has 0 unspecified atom stereocenters. The number of hydrogen-bond donors (Lipinski definition) is 2. The summed E-state index contributed by atoms with van der Waals surface area (Å²) >= 11 is 0. The fourth-order valence-electron chi connectivity index (χ4n) is 2.48. The van der Waals surface area contributed by atoms with Crippen molar-refractivity contribution >= 4 is 17.4 Å². The van der Waals surface area contributed by atoms with E-state index in [1.54, 1.807) is 30.7 Å². The molecule has 2 N–H and O–H groups in total. The van der Waals surface area contributed by atoms with Gasteiger partial charge in [-0.1, -0.05) is 18.2 Å². The molecule has 3 rings (SSSR count). The van der Waals surface area contributed by atoms with Crippen molar-refractivity contribution in [3.8, 4) is 0 Å². The molecule has 1 amide bonds. The minimum absolute atomic E-state index is 0.176. The van der Waals surface area contributed by atoms with E-state index in [0.29, 0.717) is 17.9 Å². The van der Waals surface area contributed by atoms with Crippen LogP contribution in [-0.2, 0) is 6.54 Å². The van der Waals surface area contributed by atoms with Gasteiger partial charge >= 0.3 is 0 Å². The first kappa shape index (κ1) is 16.6. The maximum absolute atomic E-state index is 12.6. The molecule has 126 valence electrons. The first-order chi connectivity index (χ1) is 12.1. The molecular weight excluding hydrogens is 312 g/mol. The Labute approximate surface area is 147 Å². The third-order valence-electron chi connectivity index (χ3n) is 4.09. The Morgan fingerprint density at radius 1 is 1.04 bits per heavy atom. The second kappa shape index (κ2) is 7.57. The van der Waals surface area contributed by atoms with Crippen molar-refractivity contribution in [2.24, 2.45) is 0 Å². The highest BCUT2D eigenvalue weighted by Gasteiger charge is 2.13. The Balaban J connectivity index is 1.78. The molecule has 0 saturated carbocycles. The molecule has 25 heavy (non-hydrogen) atoms. The van der Waals surface area contributed by atoms with E-state index in [0.717, 1.165) is 16.8 Å². The topological polar surface area (TPSA) is 66.9 Å². The van der Waals surface area contributed by atoms with Crippen LogP contribution in [0.4, 0.5) is 11.5 Å². The molecule has 0 atom stereocenters. The molecule has 0 aliphatic rings. The van der Waals surface area contributed by atoms with E-state index >= 15 is 0 Å². The summed E-state index contributed by atoms with van der Waals surface area (Å²) in [6, 6.07) is 13.3. The van der Waals surface area contributed by atoms with E-state index in [-0.39, 0.29) is 5.91 Å². The van der Waals surface area contributed by atoms with Crippen LogP contribution in [0.2, 0.25) is 0 Å². The predicted molar refractivity (Wildman–Crippen MR) is 98.8 cm³/mol. The number of amides is 1. The molecule has 5 nitrogen and oxygen atoms in total.